The zero-order valence-electron chi connectivity index (χ0n) is 8.39. The Hall–Kier alpha value is -1.75. The summed E-state index contributed by atoms with van der Waals surface area (Å²) in [6.45, 7) is 0.764. The maximum absolute atomic E-state index is 11.8. The number of primary amides is 1. The van der Waals surface area contributed by atoms with Gasteiger partial charge in [0.25, 0.3) is 0 Å². The van der Waals surface area contributed by atoms with Gasteiger partial charge in [0, 0.05) is 17.3 Å². The lowest BCUT2D eigenvalue weighted by Gasteiger charge is -2.16. The second kappa shape index (κ2) is 4.02. The molecule has 5 nitrogen and oxygen atoms in total. The third kappa shape index (κ3) is 1.81. The van der Waals surface area contributed by atoms with E-state index in [-0.39, 0.29) is 0 Å². The molecule has 0 saturated carbocycles. The number of carbonyl (C=O) groups is 2. The van der Waals surface area contributed by atoms with E-state index in [0.717, 1.165) is 4.90 Å². The second-order valence-corrected chi connectivity index (χ2v) is 3.84. The van der Waals surface area contributed by atoms with E-state index in [1.54, 1.807) is 24.3 Å². The number of carbonyl (C=O) groups excluding carboxylic acids is 2. The van der Waals surface area contributed by atoms with E-state index in [2.05, 4.69) is 0 Å². The highest BCUT2D eigenvalue weighted by molar-refractivity contribution is 6.30. The van der Waals surface area contributed by atoms with Gasteiger partial charge in [-0.3, -0.25) is 4.90 Å². The van der Waals surface area contributed by atoms with E-state index in [4.69, 9.17) is 17.3 Å². The Bertz CT molecular complexity index is 432. The van der Waals surface area contributed by atoms with E-state index in [0.29, 0.717) is 23.8 Å². The Balaban J connectivity index is 2.21. The first-order chi connectivity index (χ1) is 7.59. The molecule has 1 aliphatic heterocycles. The van der Waals surface area contributed by atoms with Crippen LogP contribution in [0.25, 0.3) is 0 Å². The zero-order chi connectivity index (χ0) is 11.7. The van der Waals surface area contributed by atoms with E-state index >= 15 is 0 Å². The second-order valence-electron chi connectivity index (χ2n) is 3.40. The molecule has 0 atom stereocenters. The molecule has 1 fully saturated rings. The topological polar surface area (TPSA) is 66.6 Å². The Kier molecular flexibility index (Phi) is 2.70. The summed E-state index contributed by atoms with van der Waals surface area (Å²) in [6, 6.07) is 5.72. The molecular formula is C10H10ClN3O2. The van der Waals surface area contributed by atoms with E-state index < -0.39 is 12.1 Å². The Labute approximate surface area is 97.4 Å². The Morgan fingerprint density at radius 1 is 1.25 bits per heavy atom. The molecule has 0 bridgehead atoms. The molecule has 1 heterocycles. The number of rotatable bonds is 1. The molecular weight excluding hydrogens is 230 g/mol. The first-order valence-electron chi connectivity index (χ1n) is 4.73. The fourth-order valence-corrected chi connectivity index (χ4v) is 1.73. The van der Waals surface area contributed by atoms with E-state index in [9.17, 15) is 9.59 Å². The maximum Gasteiger partial charge on any atom is 0.332 e. The minimum absolute atomic E-state index is 0.316. The van der Waals surface area contributed by atoms with Gasteiger partial charge in [-0.25, -0.2) is 14.5 Å². The van der Waals surface area contributed by atoms with Crippen LogP contribution < -0.4 is 10.6 Å². The summed E-state index contributed by atoms with van der Waals surface area (Å²) in [5.74, 6) is 0. The number of hydrogen-bond acceptors (Lipinski definition) is 2. The van der Waals surface area contributed by atoms with Crippen molar-refractivity contribution in [2.24, 2.45) is 5.73 Å². The molecule has 1 aliphatic rings. The van der Waals surface area contributed by atoms with Crippen LogP contribution in [0.3, 0.4) is 0 Å². The van der Waals surface area contributed by atoms with Gasteiger partial charge in [0.1, 0.15) is 0 Å². The van der Waals surface area contributed by atoms with Gasteiger partial charge in [-0.1, -0.05) is 11.6 Å². The fourth-order valence-electron chi connectivity index (χ4n) is 1.60. The quantitative estimate of drug-likeness (QED) is 0.810. The highest BCUT2D eigenvalue weighted by Crippen LogP contribution is 2.22. The van der Waals surface area contributed by atoms with Crippen LogP contribution in [0, 0.1) is 0 Å². The summed E-state index contributed by atoms with van der Waals surface area (Å²) in [5, 5.41) is 0.599. The third-order valence-corrected chi connectivity index (χ3v) is 2.67. The molecule has 0 aromatic heterocycles. The standard InChI is InChI=1S/C10H10ClN3O2/c11-7-1-3-8(4-2-7)13-5-6-14(9(12)15)10(13)16/h1-4H,5-6H2,(H2,12,15). The van der Waals surface area contributed by atoms with Crippen molar-refractivity contribution in [1.29, 1.82) is 0 Å². The maximum atomic E-state index is 11.8. The predicted molar refractivity (Wildman–Crippen MR) is 60.5 cm³/mol. The van der Waals surface area contributed by atoms with Crippen molar-refractivity contribution in [3.05, 3.63) is 29.3 Å². The molecule has 1 saturated heterocycles. The molecule has 0 aliphatic carbocycles. The molecule has 2 rings (SSSR count). The number of halogens is 1. The van der Waals surface area contributed by atoms with Crippen LogP contribution in [-0.2, 0) is 0 Å². The zero-order valence-corrected chi connectivity index (χ0v) is 9.15. The van der Waals surface area contributed by atoms with Gasteiger partial charge >= 0.3 is 12.1 Å². The number of amides is 4. The van der Waals surface area contributed by atoms with Crippen LogP contribution in [0.2, 0.25) is 5.02 Å². The largest absolute Gasteiger partial charge is 0.351 e. The molecule has 0 radical (unpaired) electrons. The lowest BCUT2D eigenvalue weighted by Crippen LogP contribution is -2.39. The average Bonchev–Trinajstić information content (AvgIpc) is 2.61. The van der Waals surface area contributed by atoms with Crippen molar-refractivity contribution >= 4 is 29.4 Å². The van der Waals surface area contributed by atoms with Crippen molar-refractivity contribution < 1.29 is 9.59 Å². The minimum atomic E-state index is -0.721. The highest BCUT2D eigenvalue weighted by atomic mass is 35.5. The third-order valence-electron chi connectivity index (χ3n) is 2.41. The van der Waals surface area contributed by atoms with Crippen LogP contribution in [0.4, 0.5) is 15.3 Å². The number of anilines is 1. The van der Waals surface area contributed by atoms with Crippen molar-refractivity contribution in [2.45, 2.75) is 0 Å². The van der Waals surface area contributed by atoms with Gasteiger partial charge in [0.05, 0.1) is 6.54 Å². The molecule has 1 aromatic rings. The Morgan fingerprint density at radius 3 is 2.38 bits per heavy atom. The monoisotopic (exact) mass is 239 g/mol. The number of urea groups is 2. The Morgan fingerprint density at radius 2 is 1.88 bits per heavy atom. The SMILES string of the molecule is NC(=O)N1CCN(c2ccc(Cl)cc2)C1=O. The van der Waals surface area contributed by atoms with Gasteiger partial charge < -0.3 is 5.73 Å². The van der Waals surface area contributed by atoms with E-state index in [1.165, 1.54) is 4.90 Å². The molecule has 0 spiro atoms. The lowest BCUT2D eigenvalue weighted by atomic mass is 10.3. The molecule has 2 N–H and O–H groups in total. The van der Waals surface area contributed by atoms with Gasteiger partial charge in [-0.2, -0.15) is 0 Å². The summed E-state index contributed by atoms with van der Waals surface area (Å²) in [5.41, 5.74) is 5.78. The smallest absolute Gasteiger partial charge is 0.332 e. The fraction of sp³-hybridized carbons (Fsp3) is 0.200. The van der Waals surface area contributed by atoms with Gasteiger partial charge in [-0.05, 0) is 24.3 Å². The van der Waals surface area contributed by atoms with Crippen LogP contribution >= 0.6 is 11.6 Å². The summed E-state index contributed by atoms with van der Waals surface area (Å²) in [7, 11) is 0. The van der Waals surface area contributed by atoms with Gasteiger partial charge in [-0.15, -0.1) is 0 Å². The normalized spacial score (nSPS) is 15.7. The summed E-state index contributed by atoms with van der Waals surface area (Å²) in [4.78, 5) is 25.2. The van der Waals surface area contributed by atoms with Crippen LogP contribution in [-0.4, -0.2) is 30.1 Å². The molecule has 84 valence electrons. The van der Waals surface area contributed by atoms with Crippen molar-refractivity contribution in [2.75, 3.05) is 18.0 Å². The lowest BCUT2D eigenvalue weighted by molar-refractivity contribution is 0.206. The summed E-state index contributed by atoms with van der Waals surface area (Å²) < 4.78 is 0. The first kappa shape index (κ1) is 10.8. The predicted octanol–water partition coefficient (Wildman–Crippen LogP) is 1.66. The number of hydrogen-bond donors (Lipinski definition) is 1. The number of imide groups is 1. The molecule has 6 heteroatoms. The molecule has 4 amide bonds. The molecule has 1 aromatic carbocycles. The number of benzene rings is 1. The molecule has 0 unspecified atom stereocenters. The van der Waals surface area contributed by atoms with Crippen LogP contribution in [0.15, 0.2) is 24.3 Å². The van der Waals surface area contributed by atoms with Crippen molar-refractivity contribution in [1.82, 2.24) is 4.90 Å². The summed E-state index contributed by atoms with van der Waals surface area (Å²) in [6.07, 6.45) is 0. The minimum Gasteiger partial charge on any atom is -0.351 e. The van der Waals surface area contributed by atoms with Crippen molar-refractivity contribution in [3.63, 3.8) is 0 Å². The van der Waals surface area contributed by atoms with Crippen LogP contribution in [0.1, 0.15) is 0 Å². The van der Waals surface area contributed by atoms with Crippen LogP contribution in [0.5, 0.6) is 0 Å². The summed E-state index contributed by atoms with van der Waals surface area (Å²) >= 11 is 5.75. The van der Waals surface area contributed by atoms with Gasteiger partial charge in [0.15, 0.2) is 0 Å². The number of nitrogens with zero attached hydrogens (tertiary/aromatic N) is 2. The highest BCUT2D eigenvalue weighted by Gasteiger charge is 2.32. The van der Waals surface area contributed by atoms with Crippen molar-refractivity contribution in [3.8, 4) is 0 Å². The van der Waals surface area contributed by atoms with E-state index in [1.807, 2.05) is 0 Å². The van der Waals surface area contributed by atoms with Gasteiger partial charge in [0.2, 0.25) is 0 Å². The average molecular weight is 240 g/mol. The first-order valence-corrected chi connectivity index (χ1v) is 5.11. The number of nitrogens with two attached hydrogens (primary N) is 1. The molecule has 16 heavy (non-hydrogen) atoms.